The van der Waals surface area contributed by atoms with Crippen molar-refractivity contribution in [2.75, 3.05) is 6.26 Å². The first-order chi connectivity index (χ1) is 11.2. The van der Waals surface area contributed by atoms with Crippen molar-refractivity contribution >= 4 is 45.2 Å². The second kappa shape index (κ2) is 6.12. The van der Waals surface area contributed by atoms with Gasteiger partial charge in [-0.1, -0.05) is 29.3 Å². The third-order valence-electron chi connectivity index (χ3n) is 3.13. The van der Waals surface area contributed by atoms with Crippen LogP contribution in [-0.4, -0.2) is 20.5 Å². The van der Waals surface area contributed by atoms with Crippen molar-refractivity contribution in [3.63, 3.8) is 0 Å². The summed E-state index contributed by atoms with van der Waals surface area (Å²) in [5.74, 6) is 0.0779. The third kappa shape index (κ3) is 3.56. The number of carbonyl (C=O) groups excluding carboxylic acids is 1. The molecule has 0 aromatic heterocycles. The van der Waals surface area contributed by atoms with E-state index in [-0.39, 0.29) is 23.0 Å². The summed E-state index contributed by atoms with van der Waals surface area (Å²) in [4.78, 5) is 12.3. The van der Waals surface area contributed by atoms with Gasteiger partial charge in [0.25, 0.3) is 0 Å². The van der Waals surface area contributed by atoms with Gasteiger partial charge in [-0.25, -0.2) is 0 Å². The fourth-order valence-corrected chi connectivity index (χ4v) is 2.91. The van der Waals surface area contributed by atoms with E-state index in [1.54, 1.807) is 18.2 Å². The lowest BCUT2D eigenvalue weighted by atomic mass is 10.1. The molecule has 0 radical (unpaired) electrons. The lowest BCUT2D eigenvalue weighted by Gasteiger charge is -2.04. The second-order valence-electron chi connectivity index (χ2n) is 5.06. The molecule has 0 saturated carbocycles. The van der Waals surface area contributed by atoms with Crippen molar-refractivity contribution in [3.8, 4) is 11.5 Å². The largest absolute Gasteiger partial charge is 0.452 e. The summed E-state index contributed by atoms with van der Waals surface area (Å²) in [5, 5.41) is 0.765. The predicted octanol–water partition coefficient (Wildman–Crippen LogP) is 3.95. The summed E-state index contributed by atoms with van der Waals surface area (Å²) in [5.41, 5.74) is 0.968. The van der Waals surface area contributed by atoms with Gasteiger partial charge in [0, 0.05) is 6.07 Å². The Morgan fingerprint density at radius 1 is 1.08 bits per heavy atom. The van der Waals surface area contributed by atoms with Crippen LogP contribution in [0.5, 0.6) is 11.5 Å². The quantitative estimate of drug-likeness (QED) is 0.591. The van der Waals surface area contributed by atoms with Crippen LogP contribution in [0.2, 0.25) is 10.0 Å². The zero-order valence-electron chi connectivity index (χ0n) is 12.2. The van der Waals surface area contributed by atoms with Crippen LogP contribution in [0.25, 0.3) is 6.08 Å². The van der Waals surface area contributed by atoms with E-state index in [1.165, 1.54) is 24.3 Å². The summed E-state index contributed by atoms with van der Waals surface area (Å²) < 4.78 is 32.6. The number of rotatable bonds is 3. The summed E-state index contributed by atoms with van der Waals surface area (Å²) in [7, 11) is -3.66. The molecule has 2 aromatic rings. The molecular weight excluding hydrogens is 375 g/mol. The Labute approximate surface area is 148 Å². The second-order valence-corrected chi connectivity index (χ2v) is 7.45. The van der Waals surface area contributed by atoms with Crippen LogP contribution in [0.3, 0.4) is 0 Å². The number of fused-ring (bicyclic) bond motifs is 1. The fraction of sp³-hybridized carbons (Fsp3) is 0.0625. The Morgan fingerprint density at radius 2 is 1.83 bits per heavy atom. The monoisotopic (exact) mass is 384 g/mol. The van der Waals surface area contributed by atoms with Crippen LogP contribution in [-0.2, 0) is 10.1 Å². The maximum atomic E-state index is 12.3. The van der Waals surface area contributed by atoms with Gasteiger partial charge in [-0.15, -0.1) is 0 Å². The van der Waals surface area contributed by atoms with Crippen LogP contribution >= 0.6 is 23.2 Å². The number of ketones is 1. The minimum absolute atomic E-state index is 0.0693. The average molecular weight is 385 g/mol. The van der Waals surface area contributed by atoms with Crippen molar-refractivity contribution in [2.24, 2.45) is 0 Å². The van der Waals surface area contributed by atoms with E-state index < -0.39 is 10.1 Å². The number of ether oxygens (including phenoxy) is 1. The molecule has 0 N–H and O–H groups in total. The molecule has 0 unspecified atom stereocenters. The molecule has 2 aromatic carbocycles. The van der Waals surface area contributed by atoms with Gasteiger partial charge in [-0.2, -0.15) is 8.42 Å². The van der Waals surface area contributed by atoms with Crippen molar-refractivity contribution in [3.05, 3.63) is 63.3 Å². The molecule has 0 fully saturated rings. The molecule has 0 saturated heterocycles. The lowest BCUT2D eigenvalue weighted by Crippen LogP contribution is -2.05. The van der Waals surface area contributed by atoms with Gasteiger partial charge in [0.05, 0.1) is 21.9 Å². The Bertz CT molecular complexity index is 980. The molecule has 124 valence electrons. The molecule has 0 amide bonds. The van der Waals surface area contributed by atoms with Gasteiger partial charge in [-0.3, -0.25) is 4.79 Å². The molecule has 1 heterocycles. The first kappa shape index (κ1) is 16.8. The number of Topliss-reactive ketones (excluding diaryl/α,β-unsaturated/α-hetero) is 1. The summed E-state index contributed by atoms with van der Waals surface area (Å²) in [6.45, 7) is 0. The molecule has 1 aliphatic heterocycles. The number of hydrogen-bond donors (Lipinski definition) is 0. The zero-order valence-corrected chi connectivity index (χ0v) is 14.6. The molecule has 5 nitrogen and oxygen atoms in total. The van der Waals surface area contributed by atoms with Crippen LogP contribution in [0.4, 0.5) is 0 Å². The molecule has 8 heteroatoms. The van der Waals surface area contributed by atoms with E-state index in [4.69, 9.17) is 32.1 Å². The van der Waals surface area contributed by atoms with Gasteiger partial charge >= 0.3 is 10.1 Å². The van der Waals surface area contributed by atoms with Gasteiger partial charge in [0.2, 0.25) is 5.78 Å². The Morgan fingerprint density at radius 3 is 2.50 bits per heavy atom. The molecule has 0 bridgehead atoms. The normalized spacial score (nSPS) is 15.3. The van der Waals surface area contributed by atoms with E-state index in [0.29, 0.717) is 21.2 Å². The van der Waals surface area contributed by atoms with Crippen LogP contribution in [0, 0.1) is 0 Å². The van der Waals surface area contributed by atoms with Crippen molar-refractivity contribution in [1.29, 1.82) is 0 Å². The number of hydrogen-bond acceptors (Lipinski definition) is 5. The van der Waals surface area contributed by atoms with Crippen LogP contribution in [0.15, 0.2) is 42.2 Å². The minimum Gasteiger partial charge on any atom is -0.452 e. The molecule has 24 heavy (non-hydrogen) atoms. The first-order valence-electron chi connectivity index (χ1n) is 6.66. The number of carbonyl (C=O) groups is 1. The molecule has 3 rings (SSSR count). The molecule has 1 aliphatic rings. The summed E-state index contributed by atoms with van der Waals surface area (Å²) in [6, 6.07) is 9.11. The highest BCUT2D eigenvalue weighted by molar-refractivity contribution is 7.86. The maximum absolute atomic E-state index is 12.3. The van der Waals surface area contributed by atoms with E-state index in [1.807, 2.05) is 0 Å². The van der Waals surface area contributed by atoms with E-state index >= 15 is 0 Å². The number of benzene rings is 2. The zero-order chi connectivity index (χ0) is 17.5. The minimum atomic E-state index is -3.66. The van der Waals surface area contributed by atoms with Gasteiger partial charge in [0.15, 0.2) is 5.76 Å². The Kier molecular flexibility index (Phi) is 4.29. The van der Waals surface area contributed by atoms with Crippen molar-refractivity contribution in [2.45, 2.75) is 0 Å². The highest BCUT2D eigenvalue weighted by Gasteiger charge is 2.28. The number of allylic oxidation sites excluding steroid dienone is 1. The highest BCUT2D eigenvalue weighted by Crippen LogP contribution is 2.35. The topological polar surface area (TPSA) is 69.7 Å². The smallest absolute Gasteiger partial charge is 0.306 e. The van der Waals surface area contributed by atoms with E-state index in [0.717, 1.165) is 6.26 Å². The third-order valence-corrected chi connectivity index (χ3v) is 4.36. The molecule has 0 atom stereocenters. The average Bonchev–Trinajstić information content (AvgIpc) is 2.77. The maximum Gasteiger partial charge on any atom is 0.306 e. The van der Waals surface area contributed by atoms with Gasteiger partial charge in [-0.05, 0) is 35.9 Å². The first-order valence-corrected chi connectivity index (χ1v) is 9.23. The summed E-state index contributed by atoms with van der Waals surface area (Å²) in [6.07, 6.45) is 2.46. The van der Waals surface area contributed by atoms with Crippen molar-refractivity contribution < 1.29 is 22.1 Å². The predicted molar refractivity (Wildman–Crippen MR) is 91.3 cm³/mol. The molecule has 0 aliphatic carbocycles. The van der Waals surface area contributed by atoms with E-state index in [2.05, 4.69) is 0 Å². The highest BCUT2D eigenvalue weighted by atomic mass is 35.5. The fourth-order valence-electron chi connectivity index (χ4n) is 2.15. The number of halogens is 2. The van der Waals surface area contributed by atoms with E-state index in [9.17, 15) is 13.2 Å². The van der Waals surface area contributed by atoms with Crippen molar-refractivity contribution in [1.82, 2.24) is 0 Å². The molecular formula is C16H10Cl2O5S. The van der Waals surface area contributed by atoms with Gasteiger partial charge in [0.1, 0.15) is 11.5 Å². The standard InChI is InChI=1S/C16H10Cl2O5S/c1-24(20,21)23-10-3-4-11-14(8-10)22-15(16(11)19)7-9-2-5-12(17)13(18)6-9/h2-8H,1H3. The molecule has 0 spiro atoms. The van der Waals surface area contributed by atoms with Crippen LogP contribution in [0.1, 0.15) is 15.9 Å². The SMILES string of the molecule is CS(=O)(=O)Oc1ccc2c(c1)OC(=Cc1ccc(Cl)c(Cl)c1)C2=O. The van der Waals surface area contributed by atoms with Gasteiger partial charge < -0.3 is 8.92 Å². The Hall–Kier alpha value is -2.02. The summed E-state index contributed by atoms with van der Waals surface area (Å²) >= 11 is 11.8. The Balaban J connectivity index is 1.92. The lowest BCUT2D eigenvalue weighted by molar-refractivity contribution is 0.101. The van der Waals surface area contributed by atoms with Crippen LogP contribution < -0.4 is 8.92 Å².